The van der Waals surface area contributed by atoms with Gasteiger partial charge in [0.25, 0.3) is 5.69 Å². The molecule has 0 aliphatic carbocycles. The number of benzene rings is 1. The van der Waals surface area contributed by atoms with Crippen LogP contribution in [0.1, 0.15) is 11.6 Å². The number of para-hydroxylation sites is 1. The molecule has 1 rings (SSSR count). The van der Waals surface area contributed by atoms with Crippen molar-refractivity contribution in [1.29, 1.82) is 0 Å². The van der Waals surface area contributed by atoms with Gasteiger partial charge in [-0.05, 0) is 0 Å². The Hall–Kier alpha value is -1.17. The first-order valence-electron chi connectivity index (χ1n) is 3.85. The lowest BCUT2D eigenvalue weighted by Gasteiger charge is -2.08. The molecule has 6 heteroatoms. The molecule has 1 aromatic rings. The van der Waals surface area contributed by atoms with Crippen molar-refractivity contribution in [2.45, 2.75) is 6.04 Å². The minimum Gasteiger partial charge on any atom is -0.329 e. The standard InChI is InChI=1S/C8H11N3O2.ClH/c9-5-7(10)6-3-1-2-4-8(6)11(12)13;/h1-4,7H,5,9-10H2;1H/t7-;/m0./s1. The monoisotopic (exact) mass is 217 g/mol. The van der Waals surface area contributed by atoms with Crippen molar-refractivity contribution < 1.29 is 4.92 Å². The fraction of sp³-hybridized carbons (Fsp3) is 0.250. The van der Waals surface area contributed by atoms with Crippen molar-refractivity contribution in [2.24, 2.45) is 11.5 Å². The van der Waals surface area contributed by atoms with Crippen molar-refractivity contribution in [1.82, 2.24) is 0 Å². The van der Waals surface area contributed by atoms with Gasteiger partial charge >= 0.3 is 0 Å². The van der Waals surface area contributed by atoms with E-state index >= 15 is 0 Å². The van der Waals surface area contributed by atoms with Gasteiger partial charge in [-0.15, -0.1) is 12.4 Å². The zero-order chi connectivity index (χ0) is 9.84. The summed E-state index contributed by atoms with van der Waals surface area (Å²) in [6.07, 6.45) is 0. The normalized spacial score (nSPS) is 11.6. The van der Waals surface area contributed by atoms with Crippen LogP contribution in [0, 0.1) is 10.1 Å². The van der Waals surface area contributed by atoms with Gasteiger partial charge in [0.1, 0.15) is 0 Å². The quantitative estimate of drug-likeness (QED) is 0.583. The van der Waals surface area contributed by atoms with Crippen molar-refractivity contribution in [2.75, 3.05) is 6.54 Å². The van der Waals surface area contributed by atoms with E-state index in [2.05, 4.69) is 0 Å². The Morgan fingerprint density at radius 1 is 1.43 bits per heavy atom. The Kier molecular flexibility index (Phi) is 5.07. The van der Waals surface area contributed by atoms with Crippen LogP contribution in [0.5, 0.6) is 0 Å². The number of hydrogen-bond acceptors (Lipinski definition) is 4. The van der Waals surface area contributed by atoms with Gasteiger partial charge in [0, 0.05) is 24.2 Å². The van der Waals surface area contributed by atoms with E-state index in [1.165, 1.54) is 6.07 Å². The van der Waals surface area contributed by atoms with Crippen LogP contribution in [0.3, 0.4) is 0 Å². The van der Waals surface area contributed by atoms with Crippen LogP contribution in [-0.2, 0) is 0 Å². The highest BCUT2D eigenvalue weighted by Crippen LogP contribution is 2.22. The average molecular weight is 218 g/mol. The average Bonchev–Trinajstić information content (AvgIpc) is 2.16. The summed E-state index contributed by atoms with van der Waals surface area (Å²) in [6.45, 7) is 0.199. The number of nitro benzene ring substituents is 1. The number of halogens is 1. The molecule has 0 bridgehead atoms. The summed E-state index contributed by atoms with van der Waals surface area (Å²) in [5, 5.41) is 10.6. The lowest BCUT2D eigenvalue weighted by atomic mass is 10.1. The van der Waals surface area contributed by atoms with Gasteiger partial charge in [0.2, 0.25) is 0 Å². The first-order chi connectivity index (χ1) is 6.16. The van der Waals surface area contributed by atoms with Crippen LogP contribution in [-0.4, -0.2) is 11.5 Å². The van der Waals surface area contributed by atoms with E-state index < -0.39 is 11.0 Å². The molecule has 0 amide bonds. The number of nitro groups is 1. The smallest absolute Gasteiger partial charge is 0.274 e. The van der Waals surface area contributed by atoms with E-state index in [0.717, 1.165) is 0 Å². The van der Waals surface area contributed by atoms with E-state index in [-0.39, 0.29) is 24.6 Å². The van der Waals surface area contributed by atoms with E-state index in [1.54, 1.807) is 18.2 Å². The lowest BCUT2D eigenvalue weighted by molar-refractivity contribution is -0.385. The van der Waals surface area contributed by atoms with Gasteiger partial charge in [-0.3, -0.25) is 10.1 Å². The molecule has 5 nitrogen and oxygen atoms in total. The molecule has 0 radical (unpaired) electrons. The van der Waals surface area contributed by atoms with Gasteiger partial charge in [0.05, 0.1) is 4.92 Å². The predicted octanol–water partition coefficient (Wildman–Crippen LogP) is 0.975. The summed E-state index contributed by atoms with van der Waals surface area (Å²) in [7, 11) is 0. The molecule has 0 aliphatic heterocycles. The van der Waals surface area contributed by atoms with E-state index in [9.17, 15) is 10.1 Å². The molecule has 0 saturated carbocycles. The second-order valence-electron chi connectivity index (χ2n) is 2.66. The summed E-state index contributed by atoms with van der Waals surface area (Å²) in [5.41, 5.74) is 11.4. The van der Waals surface area contributed by atoms with Crippen LogP contribution < -0.4 is 11.5 Å². The van der Waals surface area contributed by atoms with Gasteiger partial charge in [-0.1, -0.05) is 18.2 Å². The summed E-state index contributed by atoms with van der Waals surface area (Å²) < 4.78 is 0. The number of nitrogens with two attached hydrogens (primary N) is 2. The van der Waals surface area contributed by atoms with Crippen LogP contribution in [0.15, 0.2) is 24.3 Å². The molecule has 0 saturated heterocycles. The molecule has 0 heterocycles. The fourth-order valence-electron chi connectivity index (χ4n) is 1.09. The maximum absolute atomic E-state index is 10.6. The molecule has 14 heavy (non-hydrogen) atoms. The molecule has 1 atom stereocenters. The molecule has 0 fully saturated rings. The molecule has 0 unspecified atom stereocenters. The third-order valence-electron chi connectivity index (χ3n) is 1.79. The van der Waals surface area contributed by atoms with Crippen molar-refractivity contribution >= 4 is 18.1 Å². The Balaban J connectivity index is 0.00000169. The van der Waals surface area contributed by atoms with Crippen LogP contribution in [0.2, 0.25) is 0 Å². The lowest BCUT2D eigenvalue weighted by Crippen LogP contribution is -2.21. The number of hydrogen-bond donors (Lipinski definition) is 2. The van der Waals surface area contributed by atoms with Crippen LogP contribution >= 0.6 is 12.4 Å². The molecular weight excluding hydrogens is 206 g/mol. The molecule has 0 aliphatic rings. The highest BCUT2D eigenvalue weighted by molar-refractivity contribution is 5.85. The topological polar surface area (TPSA) is 95.2 Å². The molecule has 0 aromatic heterocycles. The largest absolute Gasteiger partial charge is 0.329 e. The van der Waals surface area contributed by atoms with Crippen LogP contribution in [0.4, 0.5) is 5.69 Å². The Morgan fingerprint density at radius 2 is 2.00 bits per heavy atom. The predicted molar refractivity (Wildman–Crippen MR) is 56.3 cm³/mol. The van der Waals surface area contributed by atoms with E-state index in [0.29, 0.717) is 5.56 Å². The highest BCUT2D eigenvalue weighted by Gasteiger charge is 2.16. The SMILES string of the molecule is Cl.NC[C@H](N)c1ccccc1[N+](=O)[O-]. The first-order valence-corrected chi connectivity index (χ1v) is 3.85. The van der Waals surface area contributed by atoms with E-state index in [4.69, 9.17) is 11.5 Å². The third kappa shape index (κ3) is 2.66. The third-order valence-corrected chi connectivity index (χ3v) is 1.79. The van der Waals surface area contributed by atoms with Gasteiger partial charge in [-0.2, -0.15) is 0 Å². The zero-order valence-electron chi connectivity index (χ0n) is 7.42. The minimum atomic E-state index is -0.471. The number of rotatable bonds is 3. The molecule has 4 N–H and O–H groups in total. The Morgan fingerprint density at radius 3 is 2.50 bits per heavy atom. The van der Waals surface area contributed by atoms with E-state index in [1.807, 2.05) is 0 Å². The second-order valence-corrected chi connectivity index (χ2v) is 2.66. The zero-order valence-corrected chi connectivity index (χ0v) is 8.24. The summed E-state index contributed by atoms with van der Waals surface area (Å²) in [6, 6.07) is 5.88. The molecular formula is C8H12ClN3O2. The maximum atomic E-state index is 10.6. The molecule has 0 spiro atoms. The second kappa shape index (κ2) is 5.54. The molecule has 1 aromatic carbocycles. The van der Waals surface area contributed by atoms with Crippen LogP contribution in [0.25, 0.3) is 0 Å². The highest BCUT2D eigenvalue weighted by atomic mass is 35.5. The van der Waals surface area contributed by atoms with Crippen molar-refractivity contribution in [3.8, 4) is 0 Å². The number of nitrogens with zero attached hydrogens (tertiary/aromatic N) is 1. The Bertz CT molecular complexity index is 319. The van der Waals surface area contributed by atoms with Gasteiger partial charge in [0.15, 0.2) is 0 Å². The molecule has 78 valence electrons. The van der Waals surface area contributed by atoms with Crippen molar-refractivity contribution in [3.63, 3.8) is 0 Å². The van der Waals surface area contributed by atoms with Gasteiger partial charge < -0.3 is 11.5 Å². The summed E-state index contributed by atoms with van der Waals surface area (Å²) >= 11 is 0. The van der Waals surface area contributed by atoms with Crippen molar-refractivity contribution in [3.05, 3.63) is 39.9 Å². The first kappa shape index (κ1) is 12.8. The fourth-order valence-corrected chi connectivity index (χ4v) is 1.09. The summed E-state index contributed by atoms with van der Waals surface area (Å²) in [4.78, 5) is 10.1. The van der Waals surface area contributed by atoms with Gasteiger partial charge in [-0.25, -0.2) is 0 Å². The maximum Gasteiger partial charge on any atom is 0.274 e. The minimum absolute atomic E-state index is 0. The Labute approximate surface area is 87.6 Å². The summed E-state index contributed by atoms with van der Waals surface area (Å²) in [5.74, 6) is 0.